The fourth-order valence-electron chi connectivity index (χ4n) is 3.42. The average Bonchev–Trinajstić information content (AvgIpc) is 3.26. The SMILES string of the molecule is CCc1ccc2oc(-c3ccc(NC(=S)NC(=O)c4c(F)c(F)c(OC)c(F)c4F)cc3O)nc2c1. The molecule has 12 heteroatoms. The van der Waals surface area contributed by atoms with E-state index in [1.54, 1.807) is 6.07 Å². The van der Waals surface area contributed by atoms with E-state index in [0.717, 1.165) is 19.1 Å². The van der Waals surface area contributed by atoms with Crippen LogP contribution in [0.2, 0.25) is 0 Å². The van der Waals surface area contributed by atoms with E-state index in [1.165, 1.54) is 18.2 Å². The second-order valence-corrected chi connectivity index (χ2v) is 7.89. The molecule has 0 bridgehead atoms. The van der Waals surface area contributed by atoms with Crippen molar-refractivity contribution in [2.45, 2.75) is 13.3 Å². The summed E-state index contributed by atoms with van der Waals surface area (Å²) in [4.78, 5) is 16.7. The molecule has 0 saturated heterocycles. The summed E-state index contributed by atoms with van der Waals surface area (Å²) < 4.78 is 66.1. The first-order chi connectivity index (χ1) is 17.1. The Hall–Kier alpha value is -4.19. The Kier molecular flexibility index (Phi) is 6.80. The quantitative estimate of drug-likeness (QED) is 0.183. The van der Waals surface area contributed by atoms with Crippen LogP contribution in [0.25, 0.3) is 22.6 Å². The molecule has 3 aromatic carbocycles. The van der Waals surface area contributed by atoms with Gasteiger partial charge in [0.2, 0.25) is 17.5 Å². The van der Waals surface area contributed by atoms with Gasteiger partial charge >= 0.3 is 0 Å². The predicted molar refractivity (Wildman–Crippen MR) is 127 cm³/mol. The van der Waals surface area contributed by atoms with Crippen molar-refractivity contribution in [1.29, 1.82) is 0 Å². The van der Waals surface area contributed by atoms with Gasteiger partial charge in [0.05, 0.1) is 12.7 Å². The van der Waals surface area contributed by atoms with Gasteiger partial charge in [-0.3, -0.25) is 10.1 Å². The van der Waals surface area contributed by atoms with E-state index in [0.29, 0.717) is 11.1 Å². The van der Waals surface area contributed by atoms with Gasteiger partial charge in [0.15, 0.2) is 28.1 Å². The lowest BCUT2D eigenvalue weighted by Crippen LogP contribution is -2.35. The van der Waals surface area contributed by atoms with Gasteiger partial charge in [-0.25, -0.2) is 13.8 Å². The third-order valence-corrected chi connectivity index (χ3v) is 5.43. The van der Waals surface area contributed by atoms with Crippen molar-refractivity contribution in [2.75, 3.05) is 12.4 Å². The van der Waals surface area contributed by atoms with Crippen molar-refractivity contribution in [3.8, 4) is 23.0 Å². The van der Waals surface area contributed by atoms with Crippen LogP contribution in [0.15, 0.2) is 40.8 Å². The van der Waals surface area contributed by atoms with Crippen molar-refractivity contribution < 1.29 is 36.6 Å². The van der Waals surface area contributed by atoms with Gasteiger partial charge in [-0.05, 0) is 48.5 Å². The first-order valence-electron chi connectivity index (χ1n) is 10.4. The van der Waals surface area contributed by atoms with E-state index in [2.05, 4.69) is 15.0 Å². The van der Waals surface area contributed by atoms with E-state index >= 15 is 0 Å². The number of fused-ring (bicyclic) bond motifs is 1. The topological polar surface area (TPSA) is 96.6 Å². The number of amides is 1. The smallest absolute Gasteiger partial charge is 0.263 e. The molecule has 0 spiro atoms. The molecule has 0 aliphatic carbocycles. The zero-order chi connectivity index (χ0) is 26.1. The number of aryl methyl sites for hydroxylation is 1. The Balaban J connectivity index is 1.51. The van der Waals surface area contributed by atoms with Crippen molar-refractivity contribution in [3.63, 3.8) is 0 Å². The number of aromatic nitrogens is 1. The van der Waals surface area contributed by atoms with E-state index in [4.69, 9.17) is 16.6 Å². The Labute approximate surface area is 206 Å². The summed E-state index contributed by atoms with van der Waals surface area (Å²) in [5, 5.41) is 14.5. The molecule has 4 aromatic rings. The molecule has 1 aromatic heterocycles. The number of anilines is 1. The number of benzene rings is 3. The monoisotopic (exact) mass is 519 g/mol. The molecule has 7 nitrogen and oxygen atoms in total. The number of halogens is 4. The highest BCUT2D eigenvalue weighted by molar-refractivity contribution is 7.80. The first kappa shape index (κ1) is 24.9. The zero-order valence-electron chi connectivity index (χ0n) is 18.7. The van der Waals surface area contributed by atoms with Gasteiger partial charge in [-0.1, -0.05) is 13.0 Å². The number of methoxy groups -OCH3 is 1. The summed E-state index contributed by atoms with van der Waals surface area (Å²) in [7, 11) is 0.812. The lowest BCUT2D eigenvalue weighted by Gasteiger charge is -2.13. The maximum Gasteiger partial charge on any atom is 0.263 e. The molecule has 0 radical (unpaired) electrons. The Morgan fingerprint density at radius 3 is 2.39 bits per heavy atom. The average molecular weight is 519 g/mol. The maximum atomic E-state index is 14.2. The number of nitrogens with zero attached hydrogens (tertiary/aromatic N) is 1. The van der Waals surface area contributed by atoms with Gasteiger partial charge in [0, 0.05) is 11.8 Å². The molecule has 1 heterocycles. The molecule has 0 saturated carbocycles. The number of phenolic OH excluding ortho intramolecular Hbond substituents is 1. The third-order valence-electron chi connectivity index (χ3n) is 5.23. The number of carbonyl (C=O) groups is 1. The van der Waals surface area contributed by atoms with Gasteiger partial charge in [0.1, 0.15) is 16.8 Å². The molecule has 36 heavy (non-hydrogen) atoms. The van der Waals surface area contributed by atoms with Gasteiger partial charge in [-0.15, -0.1) is 0 Å². The summed E-state index contributed by atoms with van der Waals surface area (Å²) in [5.74, 6) is -10.5. The number of phenols is 1. The molecule has 3 N–H and O–H groups in total. The molecular weight excluding hydrogens is 502 g/mol. The maximum absolute atomic E-state index is 14.2. The molecule has 186 valence electrons. The van der Waals surface area contributed by atoms with Gasteiger partial charge in [-0.2, -0.15) is 8.78 Å². The predicted octanol–water partition coefficient (Wildman–Crippen LogP) is 5.45. The molecule has 4 rings (SSSR count). The highest BCUT2D eigenvalue weighted by Crippen LogP contribution is 2.33. The number of hydrogen-bond donors (Lipinski definition) is 3. The molecule has 0 unspecified atom stereocenters. The highest BCUT2D eigenvalue weighted by Gasteiger charge is 2.30. The fourth-order valence-corrected chi connectivity index (χ4v) is 3.63. The van der Waals surface area contributed by atoms with Crippen molar-refractivity contribution >= 4 is 40.0 Å². The number of oxazole rings is 1. The summed E-state index contributed by atoms with van der Waals surface area (Å²) >= 11 is 4.94. The number of nitrogens with one attached hydrogen (secondary N) is 2. The second-order valence-electron chi connectivity index (χ2n) is 7.48. The standard InChI is InChI=1S/C24H17F4N3O4S/c1-3-10-4-7-15-13(8-10)30-23(35-15)12-6-5-11(9-14(12)32)29-24(36)31-22(33)16-17(25)19(27)21(34-2)20(28)18(16)26/h4-9,32H,3H2,1-2H3,(H2,29,31,33,36). The third kappa shape index (κ3) is 4.54. The van der Waals surface area contributed by atoms with E-state index in [-0.39, 0.29) is 22.9 Å². The van der Waals surface area contributed by atoms with Gasteiger partial charge < -0.3 is 19.6 Å². The lowest BCUT2D eigenvalue weighted by atomic mass is 10.1. The minimum absolute atomic E-state index is 0.174. The number of rotatable bonds is 5. The van der Waals surface area contributed by atoms with Crippen LogP contribution in [-0.4, -0.2) is 28.2 Å². The Bertz CT molecular complexity index is 1490. The zero-order valence-corrected chi connectivity index (χ0v) is 19.5. The minimum Gasteiger partial charge on any atom is -0.507 e. The molecule has 1 amide bonds. The number of ether oxygens (including phenoxy) is 1. The van der Waals surface area contributed by atoms with Crippen molar-refractivity contribution in [1.82, 2.24) is 10.3 Å². The summed E-state index contributed by atoms with van der Waals surface area (Å²) in [5.41, 5.74) is 1.17. The molecular formula is C24H17F4N3O4S. The molecule has 0 aliphatic heterocycles. The number of hydrogen-bond acceptors (Lipinski definition) is 6. The normalized spacial score (nSPS) is 10.9. The van der Waals surface area contributed by atoms with Crippen LogP contribution < -0.4 is 15.4 Å². The fraction of sp³-hybridized carbons (Fsp3) is 0.125. The molecule has 0 fully saturated rings. The van der Waals surface area contributed by atoms with Gasteiger partial charge in [0.25, 0.3) is 5.91 Å². The number of carbonyl (C=O) groups excluding carboxylic acids is 1. The largest absolute Gasteiger partial charge is 0.507 e. The number of aromatic hydroxyl groups is 1. The first-order valence-corrected chi connectivity index (χ1v) is 10.8. The second kappa shape index (κ2) is 9.82. The molecule has 0 aliphatic rings. The van der Waals surface area contributed by atoms with Crippen LogP contribution in [0.5, 0.6) is 11.5 Å². The van der Waals surface area contributed by atoms with Crippen LogP contribution in [0.1, 0.15) is 22.8 Å². The Morgan fingerprint density at radius 2 is 1.78 bits per heavy atom. The van der Waals surface area contributed by atoms with Crippen LogP contribution in [0.3, 0.4) is 0 Å². The molecule has 0 atom stereocenters. The highest BCUT2D eigenvalue weighted by atomic mass is 32.1. The lowest BCUT2D eigenvalue weighted by molar-refractivity contribution is 0.0966. The number of thiocarbonyl (C=S) groups is 1. The van der Waals surface area contributed by atoms with Crippen LogP contribution in [0.4, 0.5) is 23.2 Å². The summed E-state index contributed by atoms with van der Waals surface area (Å²) in [6, 6.07) is 9.75. The Morgan fingerprint density at radius 1 is 1.08 bits per heavy atom. The van der Waals surface area contributed by atoms with Crippen molar-refractivity contribution in [2.24, 2.45) is 0 Å². The van der Waals surface area contributed by atoms with Crippen LogP contribution >= 0.6 is 12.2 Å². The summed E-state index contributed by atoms with van der Waals surface area (Å²) in [6.45, 7) is 2.01. The van der Waals surface area contributed by atoms with Crippen LogP contribution in [-0.2, 0) is 6.42 Å². The van der Waals surface area contributed by atoms with Crippen molar-refractivity contribution in [3.05, 3.63) is 70.8 Å². The van der Waals surface area contributed by atoms with E-state index in [1.807, 2.05) is 24.4 Å². The summed E-state index contributed by atoms with van der Waals surface area (Å²) in [6.07, 6.45) is 0.821. The van der Waals surface area contributed by atoms with Crippen LogP contribution in [0, 0.1) is 23.3 Å². The van der Waals surface area contributed by atoms with E-state index in [9.17, 15) is 27.5 Å². The minimum atomic E-state index is -1.95. The van der Waals surface area contributed by atoms with E-state index < -0.39 is 45.6 Å².